The van der Waals surface area contributed by atoms with Gasteiger partial charge >= 0.3 is 0 Å². The highest BCUT2D eigenvalue weighted by molar-refractivity contribution is 5.91. The third-order valence-corrected chi connectivity index (χ3v) is 2.61. The van der Waals surface area contributed by atoms with Gasteiger partial charge in [0.15, 0.2) is 0 Å². The lowest BCUT2D eigenvalue weighted by atomic mass is 10.3. The van der Waals surface area contributed by atoms with Crippen LogP contribution in [0.1, 0.15) is 6.42 Å². The zero-order chi connectivity index (χ0) is 12.1. The molecule has 0 aromatic heterocycles. The first kappa shape index (κ1) is 12.0. The molecule has 1 fully saturated rings. The Morgan fingerprint density at radius 2 is 2.35 bits per heavy atom. The standard InChI is InChI=1S/C12H15FN2O2/c13-10-3-1-2-4-11(10)15-12(16)8-17-9-5-6-14-7-9/h1-4,9,14H,5-8H2,(H,15,16). The quantitative estimate of drug-likeness (QED) is 0.827. The predicted octanol–water partition coefficient (Wildman–Crippen LogP) is 1.14. The molecule has 0 saturated carbocycles. The summed E-state index contributed by atoms with van der Waals surface area (Å²) in [5, 5.41) is 5.61. The molecule has 1 aromatic rings. The van der Waals surface area contributed by atoms with E-state index in [0.29, 0.717) is 0 Å². The number of carbonyl (C=O) groups excluding carboxylic acids is 1. The van der Waals surface area contributed by atoms with Crippen LogP contribution in [0.5, 0.6) is 0 Å². The maximum absolute atomic E-state index is 13.2. The van der Waals surface area contributed by atoms with Crippen LogP contribution in [0.2, 0.25) is 0 Å². The molecule has 1 aromatic carbocycles. The van der Waals surface area contributed by atoms with E-state index in [1.54, 1.807) is 12.1 Å². The van der Waals surface area contributed by atoms with Crippen molar-refractivity contribution in [3.8, 4) is 0 Å². The number of rotatable bonds is 4. The summed E-state index contributed by atoms with van der Waals surface area (Å²) >= 11 is 0. The van der Waals surface area contributed by atoms with Crippen LogP contribution in [0, 0.1) is 5.82 Å². The number of para-hydroxylation sites is 1. The number of anilines is 1. The van der Waals surface area contributed by atoms with E-state index in [-0.39, 0.29) is 24.3 Å². The summed E-state index contributed by atoms with van der Waals surface area (Å²) in [5.41, 5.74) is 0.186. The summed E-state index contributed by atoms with van der Waals surface area (Å²) in [5.74, 6) is -0.773. The monoisotopic (exact) mass is 238 g/mol. The normalized spacial score (nSPS) is 19.2. The molecular formula is C12H15FN2O2. The summed E-state index contributed by atoms with van der Waals surface area (Å²) in [6.45, 7) is 1.65. The highest BCUT2D eigenvalue weighted by Crippen LogP contribution is 2.12. The minimum Gasteiger partial charge on any atom is -0.367 e. The molecule has 2 N–H and O–H groups in total. The molecular weight excluding hydrogens is 223 g/mol. The van der Waals surface area contributed by atoms with E-state index in [2.05, 4.69) is 10.6 Å². The van der Waals surface area contributed by atoms with E-state index in [9.17, 15) is 9.18 Å². The molecule has 17 heavy (non-hydrogen) atoms. The van der Waals surface area contributed by atoms with Crippen molar-refractivity contribution in [2.24, 2.45) is 0 Å². The largest absolute Gasteiger partial charge is 0.367 e. The Morgan fingerprint density at radius 3 is 3.06 bits per heavy atom. The molecule has 92 valence electrons. The summed E-state index contributed by atoms with van der Waals surface area (Å²) < 4.78 is 18.6. The average molecular weight is 238 g/mol. The van der Waals surface area contributed by atoms with E-state index >= 15 is 0 Å². The smallest absolute Gasteiger partial charge is 0.250 e. The van der Waals surface area contributed by atoms with Crippen LogP contribution in [0.3, 0.4) is 0 Å². The van der Waals surface area contributed by atoms with Gasteiger partial charge in [-0.15, -0.1) is 0 Å². The molecule has 0 spiro atoms. The van der Waals surface area contributed by atoms with Crippen molar-refractivity contribution in [1.82, 2.24) is 5.32 Å². The second-order valence-corrected chi connectivity index (χ2v) is 3.95. The van der Waals surface area contributed by atoms with Crippen LogP contribution in [-0.4, -0.2) is 31.7 Å². The molecule has 1 amide bonds. The van der Waals surface area contributed by atoms with E-state index in [0.717, 1.165) is 19.5 Å². The van der Waals surface area contributed by atoms with Crippen LogP contribution in [0.15, 0.2) is 24.3 Å². The summed E-state index contributed by atoms with van der Waals surface area (Å²) in [7, 11) is 0. The molecule has 5 heteroatoms. The van der Waals surface area contributed by atoms with Crippen molar-refractivity contribution in [3.63, 3.8) is 0 Å². The highest BCUT2D eigenvalue weighted by Gasteiger charge is 2.16. The fourth-order valence-corrected chi connectivity index (χ4v) is 1.71. The first-order valence-corrected chi connectivity index (χ1v) is 5.62. The van der Waals surface area contributed by atoms with Crippen molar-refractivity contribution < 1.29 is 13.9 Å². The molecule has 1 heterocycles. The Kier molecular flexibility index (Phi) is 4.06. The Hall–Kier alpha value is -1.46. The van der Waals surface area contributed by atoms with Gasteiger partial charge in [0.2, 0.25) is 5.91 Å². The van der Waals surface area contributed by atoms with E-state index < -0.39 is 5.82 Å². The van der Waals surface area contributed by atoms with Gasteiger partial charge in [0.25, 0.3) is 0 Å². The van der Waals surface area contributed by atoms with Gasteiger partial charge < -0.3 is 15.4 Å². The zero-order valence-electron chi connectivity index (χ0n) is 9.41. The van der Waals surface area contributed by atoms with E-state index in [1.165, 1.54) is 12.1 Å². The SMILES string of the molecule is O=C(COC1CCNC1)Nc1ccccc1F. The predicted molar refractivity (Wildman–Crippen MR) is 62.3 cm³/mol. The van der Waals surface area contributed by atoms with Gasteiger partial charge in [-0.25, -0.2) is 4.39 Å². The molecule has 1 aliphatic heterocycles. The number of hydrogen-bond acceptors (Lipinski definition) is 3. The van der Waals surface area contributed by atoms with E-state index in [4.69, 9.17) is 4.74 Å². The summed E-state index contributed by atoms with van der Waals surface area (Å²) in [6.07, 6.45) is 0.994. The number of amides is 1. The fourth-order valence-electron chi connectivity index (χ4n) is 1.71. The van der Waals surface area contributed by atoms with Crippen molar-refractivity contribution >= 4 is 11.6 Å². The molecule has 0 aliphatic carbocycles. The Bertz CT molecular complexity index is 392. The van der Waals surface area contributed by atoms with Crippen LogP contribution in [0.25, 0.3) is 0 Å². The molecule has 1 atom stereocenters. The van der Waals surface area contributed by atoms with Crippen molar-refractivity contribution in [3.05, 3.63) is 30.1 Å². The highest BCUT2D eigenvalue weighted by atomic mass is 19.1. The van der Waals surface area contributed by atoms with Gasteiger partial charge in [0, 0.05) is 6.54 Å². The maximum Gasteiger partial charge on any atom is 0.250 e. The van der Waals surface area contributed by atoms with Crippen LogP contribution in [0.4, 0.5) is 10.1 Å². The van der Waals surface area contributed by atoms with Crippen molar-refractivity contribution in [2.45, 2.75) is 12.5 Å². The molecule has 0 bridgehead atoms. The summed E-state index contributed by atoms with van der Waals surface area (Å²) in [4.78, 5) is 11.5. The van der Waals surface area contributed by atoms with Gasteiger partial charge in [0.1, 0.15) is 12.4 Å². The Balaban J connectivity index is 1.79. The number of benzene rings is 1. The zero-order valence-corrected chi connectivity index (χ0v) is 9.41. The number of ether oxygens (including phenoxy) is 1. The van der Waals surface area contributed by atoms with Crippen molar-refractivity contribution in [1.29, 1.82) is 0 Å². The van der Waals surface area contributed by atoms with Crippen LogP contribution < -0.4 is 10.6 Å². The number of hydrogen-bond donors (Lipinski definition) is 2. The molecule has 1 unspecified atom stereocenters. The Morgan fingerprint density at radius 1 is 1.53 bits per heavy atom. The third kappa shape index (κ3) is 3.51. The number of halogens is 1. The minimum absolute atomic E-state index is 0.0410. The van der Waals surface area contributed by atoms with Gasteiger partial charge in [-0.05, 0) is 25.1 Å². The maximum atomic E-state index is 13.2. The number of carbonyl (C=O) groups is 1. The number of nitrogens with one attached hydrogen (secondary N) is 2. The van der Waals surface area contributed by atoms with Crippen LogP contribution in [-0.2, 0) is 9.53 Å². The molecule has 0 radical (unpaired) electrons. The van der Waals surface area contributed by atoms with E-state index in [1.807, 2.05) is 0 Å². The first-order valence-electron chi connectivity index (χ1n) is 5.62. The molecule has 2 rings (SSSR count). The second kappa shape index (κ2) is 5.75. The first-order chi connectivity index (χ1) is 8.25. The minimum atomic E-state index is -0.441. The second-order valence-electron chi connectivity index (χ2n) is 3.95. The topological polar surface area (TPSA) is 50.4 Å². The lowest BCUT2D eigenvalue weighted by Gasteiger charge is -2.10. The lowest BCUT2D eigenvalue weighted by Crippen LogP contribution is -2.25. The molecule has 1 saturated heterocycles. The van der Waals surface area contributed by atoms with Gasteiger partial charge in [0.05, 0.1) is 11.8 Å². The molecule has 1 aliphatic rings. The van der Waals surface area contributed by atoms with Crippen molar-refractivity contribution in [2.75, 3.05) is 25.0 Å². The van der Waals surface area contributed by atoms with Crippen LogP contribution >= 0.6 is 0 Å². The third-order valence-electron chi connectivity index (χ3n) is 2.61. The van der Waals surface area contributed by atoms with Gasteiger partial charge in [-0.2, -0.15) is 0 Å². The Labute approximate surface area is 99.2 Å². The molecule has 4 nitrogen and oxygen atoms in total. The average Bonchev–Trinajstić information content (AvgIpc) is 2.82. The summed E-state index contributed by atoms with van der Waals surface area (Å²) in [6, 6.07) is 6.06. The lowest BCUT2D eigenvalue weighted by molar-refractivity contribution is -0.122. The van der Waals surface area contributed by atoms with Gasteiger partial charge in [-0.1, -0.05) is 12.1 Å². The fraction of sp³-hybridized carbons (Fsp3) is 0.417. The van der Waals surface area contributed by atoms with Gasteiger partial charge in [-0.3, -0.25) is 4.79 Å².